The number of hydrogen-bond acceptors (Lipinski definition) is 3. The summed E-state index contributed by atoms with van der Waals surface area (Å²) in [5.74, 6) is 0. The summed E-state index contributed by atoms with van der Waals surface area (Å²) in [4.78, 5) is 2.48. The van der Waals surface area contributed by atoms with Crippen molar-refractivity contribution in [2.45, 2.75) is 32.5 Å². The third-order valence-electron chi connectivity index (χ3n) is 3.52. The van der Waals surface area contributed by atoms with Gasteiger partial charge in [-0.1, -0.05) is 24.3 Å². The Labute approximate surface area is 104 Å². The molecule has 0 aliphatic carbocycles. The first kappa shape index (κ1) is 12.6. The average molecular weight is 234 g/mol. The lowest BCUT2D eigenvalue weighted by atomic mass is 9.99. The molecule has 17 heavy (non-hydrogen) atoms. The summed E-state index contributed by atoms with van der Waals surface area (Å²) in [6, 6.07) is 8.43. The molecule has 2 rings (SSSR count). The fourth-order valence-electron chi connectivity index (χ4n) is 2.30. The molecule has 3 heteroatoms. The zero-order valence-corrected chi connectivity index (χ0v) is 10.8. The van der Waals surface area contributed by atoms with Crippen molar-refractivity contribution >= 4 is 0 Å². The Kier molecular flexibility index (Phi) is 3.82. The van der Waals surface area contributed by atoms with Crippen molar-refractivity contribution in [2.75, 3.05) is 19.8 Å². The quantitative estimate of drug-likeness (QED) is 0.866. The van der Waals surface area contributed by atoms with Crippen LogP contribution in [0.25, 0.3) is 0 Å². The predicted octanol–water partition coefficient (Wildman–Crippen LogP) is 1.76. The average Bonchev–Trinajstić information content (AvgIpc) is 2.32. The van der Waals surface area contributed by atoms with E-state index in [1.54, 1.807) is 0 Å². The van der Waals surface area contributed by atoms with Crippen LogP contribution in [0.1, 0.15) is 25.0 Å². The van der Waals surface area contributed by atoms with Crippen molar-refractivity contribution in [1.29, 1.82) is 0 Å². The monoisotopic (exact) mass is 234 g/mol. The zero-order chi connectivity index (χ0) is 12.3. The largest absolute Gasteiger partial charge is 0.378 e. The van der Waals surface area contributed by atoms with E-state index in [4.69, 9.17) is 10.5 Å². The molecule has 1 heterocycles. The van der Waals surface area contributed by atoms with Crippen molar-refractivity contribution in [2.24, 2.45) is 5.73 Å². The minimum Gasteiger partial charge on any atom is -0.378 e. The summed E-state index contributed by atoms with van der Waals surface area (Å²) < 4.78 is 5.54. The van der Waals surface area contributed by atoms with Crippen LogP contribution in [0.5, 0.6) is 0 Å². The van der Waals surface area contributed by atoms with Crippen LogP contribution in [0, 0.1) is 0 Å². The van der Waals surface area contributed by atoms with Gasteiger partial charge in [0.2, 0.25) is 0 Å². The number of nitrogens with zero attached hydrogens (tertiary/aromatic N) is 1. The van der Waals surface area contributed by atoms with E-state index in [0.29, 0.717) is 6.54 Å². The maximum absolute atomic E-state index is 5.78. The van der Waals surface area contributed by atoms with Crippen molar-refractivity contribution in [3.8, 4) is 0 Å². The Morgan fingerprint density at radius 2 is 2.00 bits per heavy atom. The topological polar surface area (TPSA) is 38.5 Å². The number of hydrogen-bond donors (Lipinski definition) is 1. The Morgan fingerprint density at radius 1 is 1.29 bits per heavy atom. The van der Waals surface area contributed by atoms with E-state index < -0.39 is 0 Å². The highest BCUT2D eigenvalue weighted by Crippen LogP contribution is 2.22. The van der Waals surface area contributed by atoms with E-state index in [2.05, 4.69) is 43.0 Å². The maximum atomic E-state index is 5.78. The first-order valence-electron chi connectivity index (χ1n) is 6.23. The highest BCUT2D eigenvalue weighted by Gasteiger charge is 2.30. The number of morpholine rings is 1. The van der Waals surface area contributed by atoms with Gasteiger partial charge in [0.25, 0.3) is 0 Å². The summed E-state index contributed by atoms with van der Waals surface area (Å²) in [5, 5.41) is 0. The smallest absolute Gasteiger partial charge is 0.0645 e. The zero-order valence-electron chi connectivity index (χ0n) is 10.8. The molecule has 1 aliphatic heterocycles. The van der Waals surface area contributed by atoms with Crippen LogP contribution in [0.3, 0.4) is 0 Å². The summed E-state index contributed by atoms with van der Waals surface area (Å²) in [6.07, 6.45) is 0. The Morgan fingerprint density at radius 3 is 2.65 bits per heavy atom. The van der Waals surface area contributed by atoms with Gasteiger partial charge in [-0.05, 0) is 25.0 Å². The second kappa shape index (κ2) is 5.17. The SMILES string of the molecule is CC1(C)COCCN1Cc1ccccc1CN. The van der Waals surface area contributed by atoms with E-state index in [1.165, 1.54) is 11.1 Å². The van der Waals surface area contributed by atoms with Crippen molar-refractivity contribution in [1.82, 2.24) is 4.90 Å². The van der Waals surface area contributed by atoms with Crippen molar-refractivity contribution in [3.63, 3.8) is 0 Å². The van der Waals surface area contributed by atoms with Gasteiger partial charge in [-0.15, -0.1) is 0 Å². The van der Waals surface area contributed by atoms with E-state index in [1.807, 2.05) is 0 Å². The lowest BCUT2D eigenvalue weighted by molar-refractivity contribution is -0.0553. The Bertz CT molecular complexity index is 376. The molecule has 1 aromatic carbocycles. The van der Waals surface area contributed by atoms with Gasteiger partial charge in [0.1, 0.15) is 0 Å². The molecular formula is C14H22N2O. The molecule has 0 bridgehead atoms. The first-order valence-corrected chi connectivity index (χ1v) is 6.23. The fourth-order valence-corrected chi connectivity index (χ4v) is 2.30. The summed E-state index contributed by atoms with van der Waals surface area (Å²) in [7, 11) is 0. The number of ether oxygens (including phenoxy) is 1. The van der Waals surface area contributed by atoms with E-state index in [-0.39, 0.29) is 5.54 Å². The molecular weight excluding hydrogens is 212 g/mol. The molecule has 0 unspecified atom stereocenters. The molecule has 0 amide bonds. The molecule has 3 nitrogen and oxygen atoms in total. The molecule has 2 N–H and O–H groups in total. The third kappa shape index (κ3) is 2.86. The summed E-state index contributed by atoms with van der Waals surface area (Å²) in [5.41, 5.74) is 8.47. The minimum absolute atomic E-state index is 0.111. The van der Waals surface area contributed by atoms with Crippen molar-refractivity contribution < 1.29 is 4.74 Å². The molecule has 1 aromatic rings. The van der Waals surface area contributed by atoms with Crippen LogP contribution in [0.2, 0.25) is 0 Å². The van der Waals surface area contributed by atoms with Gasteiger partial charge in [0.15, 0.2) is 0 Å². The molecule has 0 radical (unpaired) electrons. The molecule has 0 atom stereocenters. The van der Waals surface area contributed by atoms with Gasteiger partial charge in [-0.3, -0.25) is 4.90 Å². The molecule has 0 saturated carbocycles. The normalized spacial score (nSPS) is 20.4. The van der Waals surface area contributed by atoms with Gasteiger partial charge in [-0.25, -0.2) is 0 Å². The lowest BCUT2D eigenvalue weighted by Crippen LogP contribution is -2.52. The molecule has 1 saturated heterocycles. The minimum atomic E-state index is 0.111. The predicted molar refractivity (Wildman–Crippen MR) is 69.6 cm³/mol. The Balaban J connectivity index is 2.14. The molecule has 0 spiro atoms. The van der Waals surface area contributed by atoms with Gasteiger partial charge in [0.05, 0.1) is 13.2 Å². The summed E-state index contributed by atoms with van der Waals surface area (Å²) >= 11 is 0. The number of nitrogens with two attached hydrogens (primary N) is 1. The number of benzene rings is 1. The maximum Gasteiger partial charge on any atom is 0.0645 e. The molecule has 94 valence electrons. The Hall–Kier alpha value is -0.900. The van der Waals surface area contributed by atoms with E-state index >= 15 is 0 Å². The van der Waals surface area contributed by atoms with Gasteiger partial charge in [0, 0.05) is 25.2 Å². The second-order valence-corrected chi connectivity index (χ2v) is 5.26. The molecule has 0 aromatic heterocycles. The standard InChI is InChI=1S/C14H22N2O/c1-14(2)11-17-8-7-16(14)10-13-6-4-3-5-12(13)9-15/h3-6H,7-11,15H2,1-2H3. The van der Waals surface area contributed by atoms with E-state index in [9.17, 15) is 0 Å². The molecule has 1 aliphatic rings. The lowest BCUT2D eigenvalue weighted by Gasteiger charge is -2.42. The highest BCUT2D eigenvalue weighted by molar-refractivity contribution is 5.27. The van der Waals surface area contributed by atoms with E-state index in [0.717, 1.165) is 26.3 Å². The van der Waals surface area contributed by atoms with Crippen LogP contribution in [0.15, 0.2) is 24.3 Å². The van der Waals surface area contributed by atoms with Crippen LogP contribution in [-0.2, 0) is 17.8 Å². The van der Waals surface area contributed by atoms with Crippen LogP contribution in [-0.4, -0.2) is 30.2 Å². The van der Waals surface area contributed by atoms with Gasteiger partial charge < -0.3 is 10.5 Å². The second-order valence-electron chi connectivity index (χ2n) is 5.26. The number of rotatable bonds is 3. The van der Waals surface area contributed by atoms with Crippen LogP contribution in [0.4, 0.5) is 0 Å². The van der Waals surface area contributed by atoms with Gasteiger partial charge >= 0.3 is 0 Å². The van der Waals surface area contributed by atoms with Gasteiger partial charge in [-0.2, -0.15) is 0 Å². The van der Waals surface area contributed by atoms with Crippen molar-refractivity contribution in [3.05, 3.63) is 35.4 Å². The highest BCUT2D eigenvalue weighted by atomic mass is 16.5. The van der Waals surface area contributed by atoms with Crippen LogP contribution >= 0.6 is 0 Å². The van der Waals surface area contributed by atoms with Crippen LogP contribution < -0.4 is 5.73 Å². The summed E-state index contributed by atoms with van der Waals surface area (Å²) in [6.45, 7) is 8.66. The molecule has 1 fully saturated rings. The first-order chi connectivity index (χ1) is 8.13. The third-order valence-corrected chi connectivity index (χ3v) is 3.52. The fraction of sp³-hybridized carbons (Fsp3) is 0.571.